The molecule has 1 amide bonds. The Hall–Kier alpha value is -1.07. The largest absolute Gasteiger partial charge is 0.398 e. The van der Waals surface area contributed by atoms with Crippen molar-refractivity contribution in [3.63, 3.8) is 0 Å². The molecule has 0 spiro atoms. The third-order valence-corrected chi connectivity index (χ3v) is 2.70. The van der Waals surface area contributed by atoms with Crippen molar-refractivity contribution >= 4 is 27.5 Å². The van der Waals surface area contributed by atoms with E-state index in [-0.39, 0.29) is 12.0 Å². The Morgan fingerprint density at radius 2 is 2.31 bits per heavy atom. The molecule has 1 aromatic carbocycles. The van der Waals surface area contributed by atoms with Crippen molar-refractivity contribution in [2.75, 3.05) is 19.4 Å². The topological polar surface area (TPSA) is 64.3 Å². The summed E-state index contributed by atoms with van der Waals surface area (Å²) in [6.07, 6.45) is -0.0133. The van der Waals surface area contributed by atoms with E-state index in [0.29, 0.717) is 17.8 Å². The maximum absolute atomic E-state index is 11.7. The highest BCUT2D eigenvalue weighted by Crippen LogP contribution is 2.18. The Kier molecular flexibility index (Phi) is 4.76. The lowest BCUT2D eigenvalue weighted by atomic mass is 10.1. The van der Waals surface area contributed by atoms with Crippen molar-refractivity contribution in [1.29, 1.82) is 0 Å². The molecule has 4 nitrogen and oxygen atoms in total. The third kappa shape index (κ3) is 3.50. The zero-order chi connectivity index (χ0) is 12.1. The van der Waals surface area contributed by atoms with Crippen LogP contribution in [0.25, 0.3) is 0 Å². The minimum atomic E-state index is -0.186. The van der Waals surface area contributed by atoms with E-state index in [2.05, 4.69) is 21.2 Å². The summed E-state index contributed by atoms with van der Waals surface area (Å²) in [5.74, 6) is -0.186. The van der Waals surface area contributed by atoms with Gasteiger partial charge in [-0.3, -0.25) is 4.79 Å². The van der Waals surface area contributed by atoms with E-state index in [1.54, 1.807) is 25.3 Å². The van der Waals surface area contributed by atoms with Gasteiger partial charge in [0, 0.05) is 23.8 Å². The molecule has 1 rings (SSSR count). The molecule has 0 fully saturated rings. The molecule has 5 heteroatoms. The average molecular weight is 287 g/mol. The van der Waals surface area contributed by atoms with E-state index in [9.17, 15) is 4.79 Å². The van der Waals surface area contributed by atoms with E-state index in [1.807, 2.05) is 6.92 Å². The van der Waals surface area contributed by atoms with E-state index < -0.39 is 0 Å². The zero-order valence-electron chi connectivity index (χ0n) is 9.29. The predicted octanol–water partition coefficient (Wildman–Crippen LogP) is 1.80. The van der Waals surface area contributed by atoms with Gasteiger partial charge in [0.25, 0.3) is 5.91 Å². The summed E-state index contributed by atoms with van der Waals surface area (Å²) in [6, 6.07) is 5.17. The van der Waals surface area contributed by atoms with Gasteiger partial charge in [-0.1, -0.05) is 15.9 Å². The first-order valence-electron chi connectivity index (χ1n) is 4.90. The molecular weight excluding hydrogens is 272 g/mol. The zero-order valence-corrected chi connectivity index (χ0v) is 10.9. The second kappa shape index (κ2) is 5.86. The van der Waals surface area contributed by atoms with E-state index in [0.717, 1.165) is 4.47 Å². The lowest BCUT2D eigenvalue weighted by Gasteiger charge is -2.11. The normalized spacial score (nSPS) is 12.2. The second-order valence-corrected chi connectivity index (χ2v) is 4.40. The monoisotopic (exact) mass is 286 g/mol. The highest BCUT2D eigenvalue weighted by atomic mass is 79.9. The first kappa shape index (κ1) is 13.0. The molecule has 0 aliphatic carbocycles. The van der Waals surface area contributed by atoms with Gasteiger partial charge in [0.2, 0.25) is 0 Å². The van der Waals surface area contributed by atoms with E-state index in [1.165, 1.54) is 0 Å². The van der Waals surface area contributed by atoms with Gasteiger partial charge in [-0.05, 0) is 25.1 Å². The molecule has 0 saturated heterocycles. The van der Waals surface area contributed by atoms with Crippen LogP contribution in [0.4, 0.5) is 5.69 Å². The van der Waals surface area contributed by atoms with Gasteiger partial charge in [0.05, 0.1) is 11.7 Å². The number of carbonyl (C=O) groups is 1. The van der Waals surface area contributed by atoms with Gasteiger partial charge in [-0.2, -0.15) is 0 Å². The van der Waals surface area contributed by atoms with Crippen LogP contribution in [0.3, 0.4) is 0 Å². The van der Waals surface area contributed by atoms with Gasteiger partial charge >= 0.3 is 0 Å². The van der Waals surface area contributed by atoms with E-state index in [4.69, 9.17) is 10.5 Å². The Bertz CT molecular complexity index is 382. The van der Waals surface area contributed by atoms with Crippen LogP contribution < -0.4 is 11.1 Å². The number of carbonyl (C=O) groups excluding carboxylic acids is 1. The number of anilines is 1. The number of amides is 1. The minimum Gasteiger partial charge on any atom is -0.398 e. The number of nitrogens with one attached hydrogen (secondary N) is 1. The molecule has 0 unspecified atom stereocenters. The molecular formula is C11H15BrN2O2. The quantitative estimate of drug-likeness (QED) is 0.830. The summed E-state index contributed by atoms with van der Waals surface area (Å²) in [7, 11) is 1.60. The fraction of sp³-hybridized carbons (Fsp3) is 0.364. The highest BCUT2D eigenvalue weighted by Gasteiger charge is 2.10. The van der Waals surface area contributed by atoms with Crippen molar-refractivity contribution in [3.8, 4) is 0 Å². The highest BCUT2D eigenvalue weighted by molar-refractivity contribution is 9.10. The van der Waals surface area contributed by atoms with Gasteiger partial charge in [0.1, 0.15) is 0 Å². The van der Waals surface area contributed by atoms with Gasteiger partial charge in [0.15, 0.2) is 0 Å². The van der Waals surface area contributed by atoms with Gasteiger partial charge in [-0.25, -0.2) is 0 Å². The summed E-state index contributed by atoms with van der Waals surface area (Å²) >= 11 is 3.29. The number of halogens is 1. The number of hydrogen-bond donors (Lipinski definition) is 2. The third-order valence-electron chi connectivity index (χ3n) is 2.21. The molecule has 0 heterocycles. The molecule has 0 aromatic heterocycles. The molecule has 88 valence electrons. The number of ether oxygens (including phenoxy) is 1. The number of hydrogen-bond acceptors (Lipinski definition) is 3. The molecule has 0 aliphatic heterocycles. The molecule has 1 atom stereocenters. The number of nitrogens with two attached hydrogens (primary N) is 1. The van der Waals surface area contributed by atoms with Crippen LogP contribution in [0.2, 0.25) is 0 Å². The molecule has 16 heavy (non-hydrogen) atoms. The van der Waals surface area contributed by atoms with Crippen molar-refractivity contribution in [1.82, 2.24) is 5.32 Å². The molecule has 0 radical (unpaired) electrons. The van der Waals surface area contributed by atoms with Crippen LogP contribution >= 0.6 is 15.9 Å². The summed E-state index contributed by atoms with van der Waals surface area (Å²) in [6.45, 7) is 2.34. The fourth-order valence-electron chi connectivity index (χ4n) is 1.16. The van der Waals surface area contributed by atoms with Crippen LogP contribution in [0.15, 0.2) is 22.7 Å². The number of methoxy groups -OCH3 is 1. The smallest absolute Gasteiger partial charge is 0.253 e. The second-order valence-electron chi connectivity index (χ2n) is 3.49. The molecule has 0 aliphatic rings. The van der Waals surface area contributed by atoms with Gasteiger partial charge in [-0.15, -0.1) is 0 Å². The molecule has 3 N–H and O–H groups in total. The Morgan fingerprint density at radius 1 is 1.62 bits per heavy atom. The first-order valence-corrected chi connectivity index (χ1v) is 5.70. The van der Waals surface area contributed by atoms with Crippen LogP contribution in [0.5, 0.6) is 0 Å². The van der Waals surface area contributed by atoms with Crippen molar-refractivity contribution in [3.05, 3.63) is 28.2 Å². The lowest BCUT2D eigenvalue weighted by molar-refractivity contribution is 0.0871. The van der Waals surface area contributed by atoms with Crippen LogP contribution in [-0.2, 0) is 4.74 Å². The Balaban J connectivity index is 2.66. The lowest BCUT2D eigenvalue weighted by Crippen LogP contribution is -2.31. The minimum absolute atomic E-state index is 0.0133. The van der Waals surface area contributed by atoms with E-state index >= 15 is 0 Å². The number of nitrogen functional groups attached to an aromatic ring is 1. The summed E-state index contributed by atoms with van der Waals surface area (Å²) in [5, 5.41) is 2.75. The van der Waals surface area contributed by atoms with Gasteiger partial charge < -0.3 is 15.8 Å². The summed E-state index contributed by atoms with van der Waals surface area (Å²) in [4.78, 5) is 11.7. The maximum atomic E-state index is 11.7. The van der Waals surface area contributed by atoms with Crippen molar-refractivity contribution < 1.29 is 9.53 Å². The van der Waals surface area contributed by atoms with Crippen molar-refractivity contribution in [2.45, 2.75) is 13.0 Å². The summed E-state index contributed by atoms with van der Waals surface area (Å²) < 4.78 is 5.89. The van der Waals surface area contributed by atoms with Crippen LogP contribution in [0, 0.1) is 0 Å². The molecule has 0 saturated carbocycles. The summed E-state index contributed by atoms with van der Waals surface area (Å²) in [5.41, 5.74) is 6.67. The maximum Gasteiger partial charge on any atom is 0.253 e. The number of rotatable bonds is 4. The number of benzene rings is 1. The Morgan fingerprint density at radius 3 is 2.88 bits per heavy atom. The fourth-order valence-corrected chi connectivity index (χ4v) is 1.53. The average Bonchev–Trinajstić information content (AvgIpc) is 2.25. The SMILES string of the molecule is CO[C@@H](C)CNC(=O)c1ccc(Br)cc1N. The predicted molar refractivity (Wildman–Crippen MR) is 67.4 cm³/mol. The molecule has 1 aromatic rings. The molecule has 0 bridgehead atoms. The van der Waals surface area contributed by atoms with Crippen LogP contribution in [-0.4, -0.2) is 25.7 Å². The van der Waals surface area contributed by atoms with Crippen LogP contribution in [0.1, 0.15) is 17.3 Å². The first-order chi connectivity index (χ1) is 7.54. The standard InChI is InChI=1S/C11H15BrN2O2/c1-7(16-2)6-14-11(15)9-4-3-8(12)5-10(9)13/h3-5,7H,6,13H2,1-2H3,(H,14,15)/t7-/m0/s1. The van der Waals surface area contributed by atoms with Crippen molar-refractivity contribution in [2.24, 2.45) is 0 Å². The Labute approximate surface area is 103 Å².